The van der Waals surface area contributed by atoms with E-state index in [1.54, 1.807) is 6.07 Å². The predicted octanol–water partition coefficient (Wildman–Crippen LogP) is 2.31. The summed E-state index contributed by atoms with van der Waals surface area (Å²) in [6, 6.07) is 4.17. The van der Waals surface area contributed by atoms with E-state index >= 15 is 0 Å². The number of hydrogen-bond donors (Lipinski definition) is 2. The lowest BCUT2D eigenvalue weighted by Gasteiger charge is -2.14. The van der Waals surface area contributed by atoms with Crippen LogP contribution in [0.3, 0.4) is 0 Å². The zero-order chi connectivity index (χ0) is 12.2. The van der Waals surface area contributed by atoms with Crippen LogP contribution in [0.1, 0.15) is 5.56 Å². The van der Waals surface area contributed by atoms with Crippen molar-refractivity contribution in [3.05, 3.63) is 34.1 Å². The largest absolute Gasteiger partial charge is 0.390 e. The number of halogens is 4. The van der Waals surface area contributed by atoms with E-state index in [9.17, 15) is 13.2 Å². The van der Waals surface area contributed by atoms with Crippen LogP contribution in [0, 0.1) is 5.82 Å². The summed E-state index contributed by atoms with van der Waals surface area (Å²) >= 11 is 3.10. The van der Waals surface area contributed by atoms with Crippen LogP contribution in [0.2, 0.25) is 0 Å². The van der Waals surface area contributed by atoms with Crippen LogP contribution in [0.4, 0.5) is 13.2 Å². The summed E-state index contributed by atoms with van der Waals surface area (Å²) in [6.45, 7) is -1.73. The van der Waals surface area contributed by atoms with Gasteiger partial charge in [0.05, 0.1) is 6.54 Å². The summed E-state index contributed by atoms with van der Waals surface area (Å²) in [6.07, 6.45) is 0. The van der Waals surface area contributed by atoms with Gasteiger partial charge >= 0.3 is 0 Å². The quantitative estimate of drug-likeness (QED) is 0.874. The molecule has 6 heteroatoms. The van der Waals surface area contributed by atoms with E-state index in [1.165, 1.54) is 12.1 Å². The molecule has 90 valence electrons. The van der Waals surface area contributed by atoms with E-state index in [4.69, 9.17) is 5.11 Å². The Morgan fingerprint density at radius 1 is 1.31 bits per heavy atom. The molecule has 0 saturated carbocycles. The average Bonchev–Trinajstić information content (AvgIpc) is 2.16. The second-order valence-corrected chi connectivity index (χ2v) is 4.31. The van der Waals surface area contributed by atoms with Crippen molar-refractivity contribution in [1.82, 2.24) is 5.32 Å². The van der Waals surface area contributed by atoms with Gasteiger partial charge in [0.2, 0.25) is 0 Å². The molecule has 0 atom stereocenters. The molecule has 0 fully saturated rings. The van der Waals surface area contributed by atoms with Gasteiger partial charge in [-0.25, -0.2) is 13.2 Å². The van der Waals surface area contributed by atoms with Gasteiger partial charge in [0.1, 0.15) is 12.4 Å². The van der Waals surface area contributed by atoms with Crippen LogP contribution in [0.15, 0.2) is 22.7 Å². The lowest BCUT2D eigenvalue weighted by Crippen LogP contribution is -2.35. The molecule has 0 amide bonds. The summed E-state index contributed by atoms with van der Waals surface area (Å²) in [4.78, 5) is 0. The van der Waals surface area contributed by atoms with Gasteiger partial charge in [0.15, 0.2) is 0 Å². The maximum Gasteiger partial charge on any atom is 0.282 e. The number of rotatable bonds is 5. The third kappa shape index (κ3) is 4.51. The van der Waals surface area contributed by atoms with Crippen LogP contribution in [-0.4, -0.2) is 24.2 Å². The summed E-state index contributed by atoms with van der Waals surface area (Å²) < 4.78 is 38.7. The number of aliphatic hydroxyl groups is 1. The highest BCUT2D eigenvalue weighted by molar-refractivity contribution is 9.10. The van der Waals surface area contributed by atoms with Gasteiger partial charge in [-0.2, -0.15) is 0 Å². The highest BCUT2D eigenvalue weighted by Crippen LogP contribution is 2.15. The molecule has 1 rings (SSSR count). The van der Waals surface area contributed by atoms with Crippen molar-refractivity contribution < 1.29 is 18.3 Å². The first-order valence-electron chi connectivity index (χ1n) is 4.57. The molecular weight excluding hydrogens is 287 g/mol. The third-order valence-electron chi connectivity index (χ3n) is 1.87. The van der Waals surface area contributed by atoms with Gasteiger partial charge < -0.3 is 10.4 Å². The van der Waals surface area contributed by atoms with Crippen molar-refractivity contribution in [3.63, 3.8) is 0 Å². The van der Waals surface area contributed by atoms with E-state index in [1.807, 2.05) is 0 Å². The van der Waals surface area contributed by atoms with Gasteiger partial charge in [-0.05, 0) is 23.8 Å². The molecule has 16 heavy (non-hydrogen) atoms. The number of hydrogen-bond acceptors (Lipinski definition) is 2. The Labute approximate surface area is 99.6 Å². The summed E-state index contributed by atoms with van der Waals surface area (Å²) in [7, 11) is 0. The Hall–Kier alpha value is -0.590. The van der Waals surface area contributed by atoms with Crippen molar-refractivity contribution in [2.24, 2.45) is 0 Å². The van der Waals surface area contributed by atoms with Crippen molar-refractivity contribution in [3.8, 4) is 0 Å². The van der Waals surface area contributed by atoms with E-state index in [2.05, 4.69) is 21.2 Å². The van der Waals surface area contributed by atoms with Gasteiger partial charge in [-0.3, -0.25) is 0 Å². The molecule has 0 aromatic heterocycles. The molecule has 0 saturated heterocycles. The molecule has 0 spiro atoms. The second-order valence-electron chi connectivity index (χ2n) is 3.40. The summed E-state index contributed by atoms with van der Waals surface area (Å²) in [5, 5.41) is 10.8. The zero-order valence-corrected chi connectivity index (χ0v) is 9.90. The minimum atomic E-state index is -3.15. The minimum Gasteiger partial charge on any atom is -0.390 e. The van der Waals surface area contributed by atoms with Crippen molar-refractivity contribution in [1.29, 1.82) is 0 Å². The number of alkyl halides is 2. The predicted molar refractivity (Wildman–Crippen MR) is 57.8 cm³/mol. The van der Waals surface area contributed by atoms with Gasteiger partial charge in [-0.1, -0.05) is 15.9 Å². The van der Waals surface area contributed by atoms with Crippen LogP contribution >= 0.6 is 15.9 Å². The van der Waals surface area contributed by atoms with Crippen molar-refractivity contribution in [2.75, 3.05) is 13.2 Å². The maximum absolute atomic E-state index is 12.9. The van der Waals surface area contributed by atoms with E-state index < -0.39 is 24.9 Å². The Morgan fingerprint density at radius 2 is 2.00 bits per heavy atom. The van der Waals surface area contributed by atoms with Gasteiger partial charge in [0, 0.05) is 11.0 Å². The fourth-order valence-electron chi connectivity index (χ4n) is 1.16. The van der Waals surface area contributed by atoms with Gasteiger partial charge in [-0.15, -0.1) is 0 Å². The molecule has 0 radical (unpaired) electrons. The van der Waals surface area contributed by atoms with Crippen LogP contribution in [-0.2, 0) is 6.54 Å². The first-order chi connectivity index (χ1) is 7.43. The summed E-state index contributed by atoms with van der Waals surface area (Å²) in [5.74, 6) is -3.58. The molecule has 1 aromatic carbocycles. The third-order valence-corrected chi connectivity index (χ3v) is 2.32. The standard InChI is InChI=1S/C10H11BrF3NO/c11-8-1-7(2-9(12)3-8)4-15-5-10(13,14)6-16/h1-3,15-16H,4-6H2. The molecule has 0 aliphatic heterocycles. The van der Waals surface area contributed by atoms with Gasteiger partial charge in [0.25, 0.3) is 5.92 Å². The lowest BCUT2D eigenvalue weighted by molar-refractivity contribution is -0.0477. The van der Waals surface area contributed by atoms with E-state index in [0.29, 0.717) is 10.0 Å². The molecule has 0 aliphatic rings. The van der Waals surface area contributed by atoms with E-state index in [-0.39, 0.29) is 6.54 Å². The summed E-state index contributed by atoms with van der Waals surface area (Å²) in [5.41, 5.74) is 0.556. The van der Waals surface area contributed by atoms with Crippen LogP contribution < -0.4 is 5.32 Å². The molecule has 2 N–H and O–H groups in total. The smallest absolute Gasteiger partial charge is 0.282 e. The number of nitrogens with one attached hydrogen (secondary N) is 1. The Kier molecular flexibility index (Phi) is 4.76. The molecular formula is C10H11BrF3NO. The molecule has 2 nitrogen and oxygen atoms in total. The van der Waals surface area contributed by atoms with Crippen molar-refractivity contribution in [2.45, 2.75) is 12.5 Å². The number of aliphatic hydroxyl groups excluding tert-OH is 1. The fourth-order valence-corrected chi connectivity index (χ4v) is 1.67. The molecule has 0 bridgehead atoms. The SMILES string of the molecule is OCC(F)(F)CNCc1cc(F)cc(Br)c1. The van der Waals surface area contributed by atoms with Crippen LogP contribution in [0.5, 0.6) is 0 Å². The first kappa shape index (κ1) is 13.5. The highest BCUT2D eigenvalue weighted by atomic mass is 79.9. The average molecular weight is 298 g/mol. The van der Waals surface area contributed by atoms with Crippen molar-refractivity contribution >= 4 is 15.9 Å². The normalized spacial score (nSPS) is 11.8. The zero-order valence-electron chi connectivity index (χ0n) is 8.31. The minimum absolute atomic E-state index is 0.117. The monoisotopic (exact) mass is 297 g/mol. The molecule has 0 unspecified atom stereocenters. The Balaban J connectivity index is 2.49. The van der Waals surface area contributed by atoms with E-state index in [0.717, 1.165) is 0 Å². The number of benzene rings is 1. The molecule has 0 aliphatic carbocycles. The molecule has 0 heterocycles. The Bertz CT molecular complexity index is 340. The maximum atomic E-state index is 12.9. The molecule has 1 aromatic rings. The lowest BCUT2D eigenvalue weighted by atomic mass is 10.2. The fraction of sp³-hybridized carbons (Fsp3) is 0.400. The first-order valence-corrected chi connectivity index (χ1v) is 5.36. The second kappa shape index (κ2) is 5.65. The van der Waals surface area contributed by atoms with Crippen LogP contribution in [0.25, 0.3) is 0 Å². The topological polar surface area (TPSA) is 32.3 Å². The highest BCUT2D eigenvalue weighted by Gasteiger charge is 2.26. The Morgan fingerprint density at radius 3 is 2.56 bits per heavy atom.